The lowest BCUT2D eigenvalue weighted by Crippen LogP contribution is -2.45. The van der Waals surface area contributed by atoms with Crippen molar-refractivity contribution in [3.8, 4) is 5.75 Å². The topological polar surface area (TPSA) is 58.6 Å². The lowest BCUT2D eigenvalue weighted by molar-refractivity contribution is 0.0710. The Balaban J connectivity index is 2.20. The summed E-state index contributed by atoms with van der Waals surface area (Å²) in [4.78, 5) is 12.1. The van der Waals surface area contributed by atoms with Crippen molar-refractivity contribution < 1.29 is 23.4 Å². The number of carbonyl (C=O) groups is 1. The highest BCUT2D eigenvalue weighted by Gasteiger charge is 2.28. The molecule has 1 aromatic rings. The van der Waals surface area contributed by atoms with Gasteiger partial charge in [0.05, 0.1) is 18.8 Å². The van der Waals surface area contributed by atoms with Gasteiger partial charge in [-0.2, -0.15) is 0 Å². The number of benzene rings is 1. The van der Waals surface area contributed by atoms with E-state index < -0.39 is 35.3 Å². The molecular formula is C15H19F2NO3. The van der Waals surface area contributed by atoms with Crippen LogP contribution in [0.4, 0.5) is 8.78 Å². The van der Waals surface area contributed by atoms with Gasteiger partial charge in [0.25, 0.3) is 5.91 Å². The highest BCUT2D eigenvalue weighted by atomic mass is 19.1. The third kappa shape index (κ3) is 3.50. The van der Waals surface area contributed by atoms with Crippen molar-refractivity contribution in [3.05, 3.63) is 29.3 Å². The molecule has 0 aromatic heterocycles. The smallest absolute Gasteiger partial charge is 0.257 e. The molecule has 4 nitrogen and oxygen atoms in total. The summed E-state index contributed by atoms with van der Waals surface area (Å²) >= 11 is 0. The molecule has 116 valence electrons. The summed E-state index contributed by atoms with van der Waals surface area (Å²) in [5, 5.41) is 12.3. The van der Waals surface area contributed by atoms with E-state index in [4.69, 9.17) is 4.74 Å². The van der Waals surface area contributed by atoms with Gasteiger partial charge in [-0.15, -0.1) is 0 Å². The summed E-state index contributed by atoms with van der Waals surface area (Å²) in [6, 6.07) is 1.68. The highest BCUT2D eigenvalue weighted by molar-refractivity contribution is 5.95. The first kappa shape index (κ1) is 15.7. The molecule has 2 unspecified atom stereocenters. The fraction of sp³-hybridized carbons (Fsp3) is 0.533. The minimum absolute atomic E-state index is 0.159. The summed E-state index contributed by atoms with van der Waals surface area (Å²) in [6.45, 7) is 1.88. The summed E-state index contributed by atoms with van der Waals surface area (Å²) < 4.78 is 32.9. The Morgan fingerprint density at radius 3 is 2.76 bits per heavy atom. The van der Waals surface area contributed by atoms with E-state index in [0.717, 1.165) is 25.0 Å². The van der Waals surface area contributed by atoms with Crippen LogP contribution >= 0.6 is 0 Å². The van der Waals surface area contributed by atoms with E-state index >= 15 is 0 Å². The second kappa shape index (κ2) is 6.85. The first-order valence-electron chi connectivity index (χ1n) is 7.14. The third-order valence-electron chi connectivity index (χ3n) is 3.63. The van der Waals surface area contributed by atoms with Gasteiger partial charge < -0.3 is 15.2 Å². The van der Waals surface area contributed by atoms with Crippen LogP contribution in [0.1, 0.15) is 43.0 Å². The van der Waals surface area contributed by atoms with Crippen LogP contribution in [0, 0.1) is 11.6 Å². The fourth-order valence-corrected chi connectivity index (χ4v) is 2.53. The van der Waals surface area contributed by atoms with E-state index in [0.29, 0.717) is 12.8 Å². The Bertz CT molecular complexity index is 522. The molecule has 0 spiro atoms. The van der Waals surface area contributed by atoms with Gasteiger partial charge in [0.1, 0.15) is 11.4 Å². The molecule has 0 heterocycles. The van der Waals surface area contributed by atoms with Crippen LogP contribution in [0.25, 0.3) is 0 Å². The van der Waals surface area contributed by atoms with Crippen molar-refractivity contribution in [2.24, 2.45) is 0 Å². The number of hydrogen-bond donors (Lipinski definition) is 2. The average Bonchev–Trinajstić information content (AvgIpc) is 2.45. The van der Waals surface area contributed by atoms with Crippen LogP contribution in [-0.2, 0) is 0 Å². The summed E-state index contributed by atoms with van der Waals surface area (Å²) in [7, 11) is 0. The lowest BCUT2D eigenvalue weighted by atomic mass is 9.92. The fourth-order valence-electron chi connectivity index (χ4n) is 2.53. The van der Waals surface area contributed by atoms with Gasteiger partial charge in [0.15, 0.2) is 11.6 Å². The molecule has 0 radical (unpaired) electrons. The number of nitrogens with one attached hydrogen (secondary N) is 1. The molecule has 2 N–H and O–H groups in total. The third-order valence-corrected chi connectivity index (χ3v) is 3.63. The molecule has 21 heavy (non-hydrogen) atoms. The lowest BCUT2D eigenvalue weighted by Gasteiger charge is -2.28. The van der Waals surface area contributed by atoms with Crippen LogP contribution < -0.4 is 10.1 Å². The number of halogens is 2. The summed E-state index contributed by atoms with van der Waals surface area (Å²) in [5.41, 5.74) is -0.668. The van der Waals surface area contributed by atoms with Gasteiger partial charge in [-0.1, -0.05) is 12.8 Å². The van der Waals surface area contributed by atoms with E-state index in [1.807, 2.05) is 0 Å². The van der Waals surface area contributed by atoms with Crippen molar-refractivity contribution in [3.63, 3.8) is 0 Å². The Morgan fingerprint density at radius 1 is 1.38 bits per heavy atom. The van der Waals surface area contributed by atoms with Crippen LogP contribution in [-0.4, -0.2) is 29.8 Å². The maximum Gasteiger partial charge on any atom is 0.257 e. The zero-order chi connectivity index (χ0) is 15.4. The zero-order valence-corrected chi connectivity index (χ0v) is 11.9. The standard InChI is InChI=1S/C15H19F2NO3/c1-2-21-12-8-7-9(16)13(14(12)17)15(20)18-10-5-3-4-6-11(10)19/h7-8,10-11,19H,2-6H2,1H3,(H,18,20). The van der Waals surface area contributed by atoms with Gasteiger partial charge in [0.2, 0.25) is 0 Å². The number of amides is 1. The Morgan fingerprint density at radius 2 is 2.10 bits per heavy atom. The van der Waals surface area contributed by atoms with E-state index in [1.165, 1.54) is 0 Å². The van der Waals surface area contributed by atoms with Gasteiger partial charge in [0, 0.05) is 0 Å². The van der Waals surface area contributed by atoms with E-state index in [-0.39, 0.29) is 12.4 Å². The number of aliphatic hydroxyl groups excluding tert-OH is 1. The SMILES string of the molecule is CCOc1ccc(F)c(C(=O)NC2CCCCC2O)c1F. The largest absolute Gasteiger partial charge is 0.491 e. The minimum atomic E-state index is -1.01. The Kier molecular flexibility index (Phi) is 5.12. The second-order valence-electron chi connectivity index (χ2n) is 5.10. The van der Waals surface area contributed by atoms with Crippen molar-refractivity contribution >= 4 is 5.91 Å². The van der Waals surface area contributed by atoms with Gasteiger partial charge in [-0.25, -0.2) is 8.78 Å². The molecule has 0 aliphatic heterocycles. The second-order valence-corrected chi connectivity index (χ2v) is 5.10. The molecule has 2 rings (SSSR count). The molecule has 1 aliphatic rings. The van der Waals surface area contributed by atoms with E-state index in [9.17, 15) is 18.7 Å². The molecule has 0 saturated heterocycles. The average molecular weight is 299 g/mol. The highest BCUT2D eigenvalue weighted by Crippen LogP contribution is 2.24. The maximum atomic E-state index is 14.1. The van der Waals surface area contributed by atoms with Crippen molar-refractivity contribution in [1.82, 2.24) is 5.32 Å². The molecule has 1 amide bonds. The molecule has 1 fully saturated rings. The quantitative estimate of drug-likeness (QED) is 0.897. The molecule has 1 aromatic carbocycles. The van der Waals surface area contributed by atoms with E-state index in [2.05, 4.69) is 5.32 Å². The number of carbonyl (C=O) groups excluding carboxylic acids is 1. The monoisotopic (exact) mass is 299 g/mol. The number of hydrogen-bond acceptors (Lipinski definition) is 3. The van der Waals surface area contributed by atoms with E-state index in [1.54, 1.807) is 6.92 Å². The first-order valence-corrected chi connectivity index (χ1v) is 7.14. The molecule has 0 bridgehead atoms. The Hall–Kier alpha value is -1.69. The molecule has 1 aliphatic carbocycles. The molecule has 1 saturated carbocycles. The van der Waals surface area contributed by atoms with Gasteiger partial charge in [-0.05, 0) is 31.9 Å². The summed E-state index contributed by atoms with van der Waals surface area (Å²) in [5.74, 6) is -2.98. The Labute approximate surface area is 122 Å². The number of ether oxygens (including phenoxy) is 1. The van der Waals surface area contributed by atoms with Crippen molar-refractivity contribution in [2.75, 3.05) is 6.61 Å². The van der Waals surface area contributed by atoms with Crippen LogP contribution in [0.15, 0.2) is 12.1 Å². The summed E-state index contributed by atoms with van der Waals surface area (Å²) in [6.07, 6.45) is 2.25. The molecular weight excluding hydrogens is 280 g/mol. The predicted octanol–water partition coefficient (Wildman–Crippen LogP) is 2.40. The number of aliphatic hydroxyl groups is 1. The zero-order valence-electron chi connectivity index (χ0n) is 11.9. The maximum absolute atomic E-state index is 14.1. The molecule has 6 heteroatoms. The van der Waals surface area contributed by atoms with Gasteiger partial charge in [-0.3, -0.25) is 4.79 Å². The normalized spacial score (nSPS) is 21.9. The predicted molar refractivity (Wildman–Crippen MR) is 73.3 cm³/mol. The first-order chi connectivity index (χ1) is 10.0. The van der Waals surface area contributed by atoms with Crippen molar-refractivity contribution in [2.45, 2.75) is 44.8 Å². The van der Waals surface area contributed by atoms with Crippen LogP contribution in [0.3, 0.4) is 0 Å². The van der Waals surface area contributed by atoms with Gasteiger partial charge >= 0.3 is 0 Å². The minimum Gasteiger partial charge on any atom is -0.491 e. The van der Waals surface area contributed by atoms with Crippen molar-refractivity contribution in [1.29, 1.82) is 0 Å². The van der Waals surface area contributed by atoms with Crippen LogP contribution in [0.5, 0.6) is 5.75 Å². The number of rotatable bonds is 4. The molecule has 2 atom stereocenters. The van der Waals surface area contributed by atoms with Crippen LogP contribution in [0.2, 0.25) is 0 Å².